The van der Waals surface area contributed by atoms with Crippen molar-refractivity contribution in [1.82, 2.24) is 19.9 Å². The predicted octanol–water partition coefficient (Wildman–Crippen LogP) is 14.9. The SMILES string of the molecule is c1ccc(-c2ccc(-c3nc(-c4ccc(-c5ccccc5)cc4)nc(-c4ccc(-c5ccc6nc(-c7ccccc7)c7cccc(-c8ccccc8)c7c6c5)cc4)n3)cc2)cc1. The molecule has 4 nitrogen and oxygen atoms in total. The summed E-state index contributed by atoms with van der Waals surface area (Å²) in [5, 5.41) is 3.44. The summed E-state index contributed by atoms with van der Waals surface area (Å²) in [5.41, 5.74) is 15.0. The topological polar surface area (TPSA) is 51.6 Å². The number of fused-ring (bicyclic) bond motifs is 3. The number of rotatable bonds is 8. The van der Waals surface area contributed by atoms with Crippen molar-refractivity contribution in [2.75, 3.05) is 0 Å². The van der Waals surface area contributed by atoms with E-state index in [1.165, 1.54) is 27.6 Å². The van der Waals surface area contributed by atoms with Crippen LogP contribution >= 0.6 is 0 Å². The average molecular weight is 791 g/mol. The third kappa shape index (κ3) is 7.10. The van der Waals surface area contributed by atoms with Crippen LogP contribution in [0.4, 0.5) is 0 Å². The van der Waals surface area contributed by atoms with Crippen molar-refractivity contribution < 1.29 is 0 Å². The van der Waals surface area contributed by atoms with E-state index in [9.17, 15) is 0 Å². The monoisotopic (exact) mass is 790 g/mol. The normalized spacial score (nSPS) is 11.2. The Labute approximate surface area is 360 Å². The summed E-state index contributed by atoms with van der Waals surface area (Å²) >= 11 is 0. The van der Waals surface area contributed by atoms with Crippen molar-refractivity contribution >= 4 is 21.7 Å². The Morgan fingerprint density at radius 1 is 0.226 bits per heavy atom. The smallest absolute Gasteiger partial charge is 0.164 e. The van der Waals surface area contributed by atoms with Crippen LogP contribution in [-0.2, 0) is 0 Å². The van der Waals surface area contributed by atoms with Crippen molar-refractivity contribution in [1.29, 1.82) is 0 Å². The highest BCUT2D eigenvalue weighted by Crippen LogP contribution is 2.40. The van der Waals surface area contributed by atoms with Crippen LogP contribution in [0.1, 0.15) is 0 Å². The van der Waals surface area contributed by atoms with Crippen LogP contribution in [-0.4, -0.2) is 19.9 Å². The molecule has 0 unspecified atom stereocenters. The second-order valence-corrected chi connectivity index (χ2v) is 15.4. The third-order valence-corrected chi connectivity index (χ3v) is 11.6. The molecular weight excluding hydrogens is 753 g/mol. The van der Waals surface area contributed by atoms with Crippen molar-refractivity contribution in [2.45, 2.75) is 0 Å². The van der Waals surface area contributed by atoms with Gasteiger partial charge in [-0.2, -0.15) is 0 Å². The molecule has 11 aromatic rings. The van der Waals surface area contributed by atoms with Gasteiger partial charge in [0.25, 0.3) is 0 Å². The van der Waals surface area contributed by atoms with E-state index in [1.807, 2.05) is 18.2 Å². The molecule has 0 aliphatic rings. The highest BCUT2D eigenvalue weighted by molar-refractivity contribution is 6.17. The highest BCUT2D eigenvalue weighted by Gasteiger charge is 2.17. The summed E-state index contributed by atoms with van der Waals surface area (Å²) in [4.78, 5) is 20.5. The first-order chi connectivity index (χ1) is 30.7. The molecule has 11 rings (SSSR count). The van der Waals surface area contributed by atoms with Crippen molar-refractivity contribution in [3.8, 4) is 89.9 Å². The molecule has 2 aromatic heterocycles. The minimum atomic E-state index is 0.616. The fourth-order valence-corrected chi connectivity index (χ4v) is 8.37. The fourth-order valence-electron chi connectivity index (χ4n) is 8.37. The zero-order chi connectivity index (χ0) is 41.2. The second-order valence-electron chi connectivity index (χ2n) is 15.4. The first kappa shape index (κ1) is 36.7. The second kappa shape index (κ2) is 16.0. The lowest BCUT2D eigenvalue weighted by atomic mass is 9.91. The van der Waals surface area contributed by atoms with E-state index in [0.717, 1.165) is 66.5 Å². The summed E-state index contributed by atoms with van der Waals surface area (Å²) in [6, 6.07) is 80.6. The molecule has 0 radical (unpaired) electrons. The van der Waals surface area contributed by atoms with Gasteiger partial charge in [-0.15, -0.1) is 0 Å². The summed E-state index contributed by atoms with van der Waals surface area (Å²) in [7, 11) is 0. The van der Waals surface area contributed by atoms with Gasteiger partial charge in [0.05, 0.1) is 11.2 Å². The molecule has 0 fully saturated rings. The number of hydrogen-bond acceptors (Lipinski definition) is 4. The summed E-state index contributed by atoms with van der Waals surface area (Å²) < 4.78 is 0. The van der Waals surface area contributed by atoms with E-state index in [0.29, 0.717) is 17.5 Å². The average Bonchev–Trinajstić information content (AvgIpc) is 3.37. The van der Waals surface area contributed by atoms with Gasteiger partial charge in [0.15, 0.2) is 17.5 Å². The van der Waals surface area contributed by atoms with Crippen LogP contribution in [0.2, 0.25) is 0 Å². The van der Waals surface area contributed by atoms with E-state index in [2.05, 4.69) is 212 Å². The van der Waals surface area contributed by atoms with Gasteiger partial charge in [-0.3, -0.25) is 0 Å². The zero-order valence-corrected chi connectivity index (χ0v) is 33.7. The molecule has 0 bridgehead atoms. The fraction of sp³-hybridized carbons (Fsp3) is 0. The maximum atomic E-state index is 5.28. The van der Waals surface area contributed by atoms with E-state index < -0.39 is 0 Å². The van der Waals surface area contributed by atoms with E-state index >= 15 is 0 Å². The molecule has 290 valence electrons. The number of nitrogens with zero attached hydrogens (tertiary/aromatic N) is 4. The Bertz CT molecular complexity index is 3230. The van der Waals surface area contributed by atoms with Gasteiger partial charge >= 0.3 is 0 Å². The summed E-state index contributed by atoms with van der Waals surface area (Å²) in [6.45, 7) is 0. The van der Waals surface area contributed by atoms with Crippen molar-refractivity contribution in [3.05, 3.63) is 231 Å². The third-order valence-electron chi connectivity index (χ3n) is 11.6. The molecule has 0 aliphatic carbocycles. The lowest BCUT2D eigenvalue weighted by Gasteiger charge is -2.15. The lowest BCUT2D eigenvalue weighted by molar-refractivity contribution is 1.07. The Morgan fingerprint density at radius 2 is 0.597 bits per heavy atom. The number of benzene rings is 9. The molecule has 0 amide bonds. The standard InChI is InChI=1S/C58H38N4/c1-5-14-39(15-6-1)41-24-30-46(31-25-41)56-60-57(47-32-26-42(27-33-47)40-16-7-2-8-17-40)62-58(61-56)48-34-28-43(29-35-48)49-36-37-53-52(38-49)54-50(44-18-9-3-10-19-44)22-13-23-51(54)55(59-53)45-20-11-4-12-21-45/h1-38H. The Balaban J connectivity index is 0.997. The molecule has 0 aliphatic heterocycles. The van der Waals surface area contributed by atoms with Crippen LogP contribution in [0.15, 0.2) is 231 Å². The lowest BCUT2D eigenvalue weighted by Crippen LogP contribution is -2.00. The van der Waals surface area contributed by atoms with Crippen LogP contribution < -0.4 is 0 Å². The summed E-state index contributed by atoms with van der Waals surface area (Å²) in [6.07, 6.45) is 0. The van der Waals surface area contributed by atoms with Gasteiger partial charge < -0.3 is 0 Å². The Morgan fingerprint density at radius 3 is 1.06 bits per heavy atom. The minimum absolute atomic E-state index is 0.616. The maximum Gasteiger partial charge on any atom is 0.164 e. The Hall–Kier alpha value is -8.34. The first-order valence-electron chi connectivity index (χ1n) is 20.9. The molecule has 9 aromatic carbocycles. The van der Waals surface area contributed by atoms with Crippen LogP contribution in [0, 0.1) is 0 Å². The molecule has 0 N–H and O–H groups in total. The highest BCUT2D eigenvalue weighted by atomic mass is 15.0. The molecule has 0 saturated carbocycles. The van der Waals surface area contributed by atoms with E-state index in [4.69, 9.17) is 19.9 Å². The largest absolute Gasteiger partial charge is 0.247 e. The van der Waals surface area contributed by atoms with E-state index in [-0.39, 0.29) is 0 Å². The van der Waals surface area contributed by atoms with Gasteiger partial charge in [0.1, 0.15) is 0 Å². The van der Waals surface area contributed by atoms with Crippen LogP contribution in [0.3, 0.4) is 0 Å². The maximum absolute atomic E-state index is 5.28. The first-order valence-corrected chi connectivity index (χ1v) is 20.9. The number of pyridine rings is 1. The molecule has 0 spiro atoms. The molecule has 4 heteroatoms. The molecule has 0 atom stereocenters. The van der Waals surface area contributed by atoms with Gasteiger partial charge in [-0.1, -0.05) is 218 Å². The van der Waals surface area contributed by atoms with Gasteiger partial charge in [-0.05, 0) is 56.6 Å². The van der Waals surface area contributed by atoms with Crippen LogP contribution in [0.5, 0.6) is 0 Å². The summed E-state index contributed by atoms with van der Waals surface area (Å²) in [5.74, 6) is 1.86. The molecule has 2 heterocycles. The number of hydrogen-bond donors (Lipinski definition) is 0. The zero-order valence-electron chi connectivity index (χ0n) is 33.7. The van der Waals surface area contributed by atoms with Gasteiger partial charge in [0.2, 0.25) is 0 Å². The molecular formula is C58H38N4. The van der Waals surface area contributed by atoms with Crippen molar-refractivity contribution in [3.63, 3.8) is 0 Å². The predicted molar refractivity (Wildman–Crippen MR) is 256 cm³/mol. The van der Waals surface area contributed by atoms with Crippen LogP contribution in [0.25, 0.3) is 112 Å². The van der Waals surface area contributed by atoms with Gasteiger partial charge in [-0.25, -0.2) is 19.9 Å². The van der Waals surface area contributed by atoms with E-state index in [1.54, 1.807) is 0 Å². The quantitative estimate of drug-likeness (QED) is 0.144. The molecule has 0 saturated heterocycles. The number of aromatic nitrogens is 4. The molecule has 62 heavy (non-hydrogen) atoms. The van der Waals surface area contributed by atoms with Crippen molar-refractivity contribution in [2.24, 2.45) is 0 Å². The van der Waals surface area contributed by atoms with Gasteiger partial charge in [0, 0.05) is 38.4 Å². The Kier molecular flexibility index (Phi) is 9.49. The minimum Gasteiger partial charge on any atom is -0.247 e.